The second-order valence-electron chi connectivity index (χ2n) is 7.83. The van der Waals surface area contributed by atoms with Crippen molar-refractivity contribution in [1.29, 1.82) is 0 Å². The summed E-state index contributed by atoms with van der Waals surface area (Å²) < 4.78 is 50.0. The molecule has 0 saturated heterocycles. The third-order valence-electron chi connectivity index (χ3n) is 5.70. The van der Waals surface area contributed by atoms with Gasteiger partial charge >= 0.3 is 6.18 Å². The van der Waals surface area contributed by atoms with Gasteiger partial charge in [0.2, 0.25) is 0 Å². The number of rotatable bonds is 5. The lowest BCUT2D eigenvalue weighted by Gasteiger charge is -2.24. The molecule has 1 aromatic carbocycles. The number of carbonyl (C=O) groups is 1. The maximum Gasteiger partial charge on any atom is 0.433 e. The molecule has 1 fully saturated rings. The molecule has 1 saturated carbocycles. The number of nitrogens with zero attached hydrogens (tertiary/aromatic N) is 2. The van der Waals surface area contributed by atoms with Crippen LogP contribution < -0.4 is 10.1 Å². The number of amides is 1. The number of benzene rings is 1. The summed E-state index contributed by atoms with van der Waals surface area (Å²) in [6.07, 6.45) is -1.14. The predicted molar refractivity (Wildman–Crippen MR) is 110 cm³/mol. The number of aromatic nitrogens is 2. The van der Waals surface area contributed by atoms with Gasteiger partial charge in [-0.3, -0.25) is 4.79 Å². The summed E-state index contributed by atoms with van der Waals surface area (Å²) in [6.45, 7) is 0.182. The van der Waals surface area contributed by atoms with Crippen LogP contribution in [0.3, 0.4) is 0 Å². The van der Waals surface area contributed by atoms with Gasteiger partial charge in [0.05, 0.1) is 12.8 Å². The summed E-state index contributed by atoms with van der Waals surface area (Å²) in [5.41, 5.74) is -0.311. The molecule has 0 radical (unpaired) electrons. The molecule has 1 aliphatic rings. The number of oxazole rings is 1. The second-order valence-corrected chi connectivity index (χ2v) is 7.83. The van der Waals surface area contributed by atoms with Crippen molar-refractivity contribution in [3.63, 3.8) is 0 Å². The Morgan fingerprint density at radius 2 is 1.97 bits per heavy atom. The molecule has 4 rings (SSSR count). The average molecular weight is 449 g/mol. The normalized spacial score (nSPS) is 19.2. The Kier molecular flexibility index (Phi) is 6.05. The van der Waals surface area contributed by atoms with Crippen LogP contribution in [0.25, 0.3) is 11.1 Å². The highest BCUT2D eigenvalue weighted by Crippen LogP contribution is 2.38. The quantitative estimate of drug-likeness (QED) is 0.583. The zero-order valence-corrected chi connectivity index (χ0v) is 17.3. The van der Waals surface area contributed by atoms with Crippen molar-refractivity contribution in [3.05, 3.63) is 47.6 Å². The fourth-order valence-electron chi connectivity index (χ4n) is 3.91. The molecule has 10 heteroatoms. The molecule has 0 aliphatic heterocycles. The van der Waals surface area contributed by atoms with Gasteiger partial charge in [-0.1, -0.05) is 6.07 Å². The zero-order chi connectivity index (χ0) is 22.9. The Morgan fingerprint density at radius 3 is 2.62 bits per heavy atom. The Bertz CT molecular complexity index is 1120. The monoisotopic (exact) mass is 449 g/mol. The van der Waals surface area contributed by atoms with Gasteiger partial charge in [-0.2, -0.15) is 13.2 Å². The minimum absolute atomic E-state index is 0.142. The fourth-order valence-corrected chi connectivity index (χ4v) is 3.91. The van der Waals surface area contributed by atoms with Gasteiger partial charge in [-0.15, -0.1) is 0 Å². The minimum atomic E-state index is -4.65. The van der Waals surface area contributed by atoms with Gasteiger partial charge in [0.1, 0.15) is 22.7 Å². The Hall–Kier alpha value is -3.14. The summed E-state index contributed by atoms with van der Waals surface area (Å²) in [5.74, 6) is 0.518. The zero-order valence-electron chi connectivity index (χ0n) is 17.3. The van der Waals surface area contributed by atoms with Crippen LogP contribution in [0.4, 0.5) is 18.9 Å². The van der Waals surface area contributed by atoms with Crippen molar-refractivity contribution in [1.82, 2.24) is 9.97 Å². The summed E-state index contributed by atoms with van der Waals surface area (Å²) in [5, 5.41) is 11.9. The molecule has 3 aromatic rings. The largest absolute Gasteiger partial charge is 0.494 e. The molecular weight excluding hydrogens is 427 g/mol. The van der Waals surface area contributed by atoms with Gasteiger partial charge in [0.15, 0.2) is 11.5 Å². The highest BCUT2D eigenvalue weighted by atomic mass is 19.4. The molecule has 2 heterocycles. The fraction of sp³-hybridized carbons (Fsp3) is 0.409. The van der Waals surface area contributed by atoms with Crippen molar-refractivity contribution in [2.24, 2.45) is 5.92 Å². The van der Waals surface area contributed by atoms with Crippen LogP contribution >= 0.6 is 0 Å². The van der Waals surface area contributed by atoms with Crippen LogP contribution in [0.5, 0.6) is 5.75 Å². The molecule has 1 aliphatic carbocycles. The van der Waals surface area contributed by atoms with Gasteiger partial charge in [-0.05, 0) is 43.7 Å². The van der Waals surface area contributed by atoms with Crippen molar-refractivity contribution < 1.29 is 32.2 Å². The number of hydrogen-bond acceptors (Lipinski definition) is 6. The summed E-state index contributed by atoms with van der Waals surface area (Å²) >= 11 is 0. The number of nitrogens with one attached hydrogen (secondary N) is 1. The summed E-state index contributed by atoms with van der Waals surface area (Å²) in [6, 6.07) is 6.27. The Morgan fingerprint density at radius 1 is 1.22 bits per heavy atom. The number of ether oxygens (including phenoxy) is 1. The number of halogens is 3. The number of aliphatic hydroxyl groups is 1. The molecule has 2 N–H and O–H groups in total. The molecule has 0 unspecified atom stereocenters. The molecule has 0 atom stereocenters. The number of pyridine rings is 1. The van der Waals surface area contributed by atoms with Gasteiger partial charge in [0.25, 0.3) is 5.91 Å². The van der Waals surface area contributed by atoms with Crippen LogP contribution in [-0.2, 0) is 6.18 Å². The summed E-state index contributed by atoms with van der Waals surface area (Å²) in [4.78, 5) is 20.5. The van der Waals surface area contributed by atoms with E-state index < -0.39 is 17.8 Å². The number of anilines is 1. The van der Waals surface area contributed by atoms with Crippen molar-refractivity contribution in [2.45, 2.75) is 37.8 Å². The van der Waals surface area contributed by atoms with Crippen LogP contribution in [0.1, 0.15) is 53.7 Å². The molecular formula is C22H22F3N3O4. The first kappa shape index (κ1) is 22.1. The van der Waals surface area contributed by atoms with Crippen molar-refractivity contribution >= 4 is 22.7 Å². The van der Waals surface area contributed by atoms with E-state index in [4.69, 9.17) is 9.15 Å². The molecule has 1 amide bonds. The average Bonchev–Trinajstić information content (AvgIpc) is 3.21. The predicted octanol–water partition coefficient (Wildman–Crippen LogP) is 4.77. The van der Waals surface area contributed by atoms with E-state index in [0.717, 1.165) is 37.8 Å². The van der Waals surface area contributed by atoms with E-state index >= 15 is 0 Å². The van der Waals surface area contributed by atoms with Gasteiger partial charge < -0.3 is 19.6 Å². The minimum Gasteiger partial charge on any atom is -0.494 e. The third-order valence-corrected chi connectivity index (χ3v) is 5.70. The Balaban J connectivity index is 1.58. The topological polar surface area (TPSA) is 97.5 Å². The van der Waals surface area contributed by atoms with Crippen molar-refractivity contribution in [2.75, 3.05) is 19.0 Å². The van der Waals surface area contributed by atoms with E-state index in [1.54, 1.807) is 6.07 Å². The van der Waals surface area contributed by atoms with E-state index in [0.29, 0.717) is 28.7 Å². The maximum atomic E-state index is 12.9. The van der Waals surface area contributed by atoms with Crippen LogP contribution in [0.15, 0.2) is 34.7 Å². The highest BCUT2D eigenvalue weighted by molar-refractivity contribution is 6.04. The van der Waals surface area contributed by atoms with Gasteiger partial charge in [0, 0.05) is 24.7 Å². The second kappa shape index (κ2) is 8.78. The molecule has 2 aromatic heterocycles. The number of methoxy groups -OCH3 is 1. The van der Waals surface area contributed by atoms with Crippen LogP contribution in [-0.4, -0.2) is 34.7 Å². The number of carbonyl (C=O) groups excluding carboxylic acids is 1. The lowest BCUT2D eigenvalue weighted by atomic mass is 9.82. The lowest BCUT2D eigenvalue weighted by Crippen LogP contribution is -2.17. The first-order chi connectivity index (χ1) is 15.3. The summed E-state index contributed by atoms with van der Waals surface area (Å²) in [7, 11) is 1.41. The smallest absolute Gasteiger partial charge is 0.433 e. The van der Waals surface area contributed by atoms with E-state index in [1.807, 2.05) is 0 Å². The van der Waals surface area contributed by atoms with E-state index in [9.17, 15) is 23.1 Å². The number of aliphatic hydroxyl groups excluding tert-OH is 1. The third kappa shape index (κ3) is 4.55. The number of hydrogen-bond donors (Lipinski definition) is 2. The SMILES string of the molecule is COc1cc2nc([C@H]3CC[C@H](CO)CC3)oc2cc1NC(=O)c1cccc(C(F)(F)F)n1. The molecule has 7 nitrogen and oxygen atoms in total. The van der Waals surface area contributed by atoms with E-state index in [2.05, 4.69) is 15.3 Å². The number of alkyl halides is 3. The molecule has 0 spiro atoms. The van der Waals surface area contributed by atoms with E-state index in [1.165, 1.54) is 19.2 Å². The Labute approximate surface area is 181 Å². The van der Waals surface area contributed by atoms with Crippen LogP contribution in [0.2, 0.25) is 0 Å². The first-order valence-electron chi connectivity index (χ1n) is 10.2. The molecule has 32 heavy (non-hydrogen) atoms. The van der Waals surface area contributed by atoms with Crippen LogP contribution in [0, 0.1) is 5.92 Å². The first-order valence-corrected chi connectivity index (χ1v) is 10.2. The van der Waals surface area contributed by atoms with E-state index in [-0.39, 0.29) is 23.9 Å². The lowest BCUT2D eigenvalue weighted by molar-refractivity contribution is -0.141. The molecule has 0 bridgehead atoms. The standard InChI is InChI=1S/C22H22F3N3O4/c1-31-17-9-16-18(32-21(28-16)13-7-5-12(11-29)6-8-13)10-15(17)27-20(30)14-3-2-4-19(26-14)22(23,24)25/h2-4,9-10,12-13,29H,5-8,11H2,1H3,(H,27,30)/t12-,13-. The maximum absolute atomic E-state index is 12.9. The molecule has 170 valence electrons. The number of fused-ring (bicyclic) bond motifs is 1. The van der Waals surface area contributed by atoms with Gasteiger partial charge in [-0.25, -0.2) is 9.97 Å². The highest BCUT2D eigenvalue weighted by Gasteiger charge is 2.33. The van der Waals surface area contributed by atoms with Crippen molar-refractivity contribution in [3.8, 4) is 5.75 Å².